The Bertz CT molecular complexity index is 744. The van der Waals surface area contributed by atoms with Gasteiger partial charge in [0.2, 0.25) is 0 Å². The van der Waals surface area contributed by atoms with E-state index in [0.717, 1.165) is 44.9 Å². The second-order valence-electron chi connectivity index (χ2n) is 7.26. The summed E-state index contributed by atoms with van der Waals surface area (Å²) in [5, 5.41) is 11.1. The molecule has 2 atom stereocenters. The van der Waals surface area contributed by atoms with Crippen LogP contribution < -0.4 is 10.6 Å². The van der Waals surface area contributed by atoms with Crippen molar-refractivity contribution in [3.63, 3.8) is 0 Å². The van der Waals surface area contributed by atoms with E-state index >= 15 is 0 Å². The molecule has 0 aliphatic carbocycles. The summed E-state index contributed by atoms with van der Waals surface area (Å²) in [6.45, 7) is 4.64. The van der Waals surface area contributed by atoms with Gasteiger partial charge in [0, 0.05) is 45.9 Å². The zero-order valence-electron chi connectivity index (χ0n) is 17.0. The third kappa shape index (κ3) is 6.48. The van der Waals surface area contributed by atoms with Crippen LogP contribution in [-0.4, -0.2) is 42.5 Å². The highest BCUT2D eigenvalue weighted by atomic mass is 127. The zero-order chi connectivity index (χ0) is 19.1. The van der Waals surface area contributed by atoms with Crippen molar-refractivity contribution in [3.8, 4) is 0 Å². The van der Waals surface area contributed by atoms with Crippen LogP contribution in [0.25, 0.3) is 0 Å². The maximum atomic E-state index is 6.11. The molecule has 0 spiro atoms. The molecule has 2 aromatic rings. The molecular formula is C21H32IN5O. The molecule has 2 N–H and O–H groups in total. The Balaban J connectivity index is 0.00000280. The maximum Gasteiger partial charge on any atom is 0.190 e. The van der Waals surface area contributed by atoms with Crippen LogP contribution in [0.5, 0.6) is 0 Å². The van der Waals surface area contributed by atoms with Gasteiger partial charge in [-0.1, -0.05) is 29.8 Å². The van der Waals surface area contributed by atoms with Crippen molar-refractivity contribution >= 4 is 29.9 Å². The van der Waals surface area contributed by atoms with Gasteiger partial charge in [0.05, 0.1) is 12.3 Å². The molecule has 1 fully saturated rings. The first-order chi connectivity index (χ1) is 13.2. The van der Waals surface area contributed by atoms with Crippen LogP contribution in [0.1, 0.15) is 35.6 Å². The van der Waals surface area contributed by atoms with Gasteiger partial charge in [-0.05, 0) is 37.3 Å². The van der Waals surface area contributed by atoms with Crippen LogP contribution in [0.4, 0.5) is 0 Å². The number of halogens is 1. The molecule has 1 aliphatic rings. The number of rotatable bonds is 6. The molecule has 2 heterocycles. The predicted molar refractivity (Wildman–Crippen MR) is 124 cm³/mol. The van der Waals surface area contributed by atoms with Crippen molar-refractivity contribution in [1.29, 1.82) is 0 Å². The van der Waals surface area contributed by atoms with Crippen LogP contribution in [-0.2, 0) is 18.2 Å². The van der Waals surface area contributed by atoms with Crippen LogP contribution in [0.3, 0.4) is 0 Å². The molecule has 154 valence electrons. The van der Waals surface area contributed by atoms with E-state index in [1.807, 2.05) is 31.2 Å². The molecular weight excluding hydrogens is 465 g/mol. The van der Waals surface area contributed by atoms with E-state index in [-0.39, 0.29) is 30.1 Å². The van der Waals surface area contributed by atoms with Gasteiger partial charge < -0.3 is 15.4 Å². The van der Waals surface area contributed by atoms with Crippen LogP contribution in [0, 0.1) is 12.8 Å². The lowest BCUT2D eigenvalue weighted by Crippen LogP contribution is -2.42. The van der Waals surface area contributed by atoms with Gasteiger partial charge >= 0.3 is 0 Å². The fourth-order valence-electron chi connectivity index (χ4n) is 3.55. The number of aromatic nitrogens is 2. The van der Waals surface area contributed by atoms with Crippen molar-refractivity contribution in [2.75, 3.05) is 26.7 Å². The average molecular weight is 497 g/mol. The molecule has 1 saturated heterocycles. The Hall–Kier alpha value is -1.61. The smallest absolute Gasteiger partial charge is 0.190 e. The molecule has 7 heteroatoms. The van der Waals surface area contributed by atoms with Gasteiger partial charge in [0.25, 0.3) is 0 Å². The number of hydrogen-bond acceptors (Lipinski definition) is 3. The normalized spacial score (nSPS) is 19.8. The largest absolute Gasteiger partial charge is 0.373 e. The van der Waals surface area contributed by atoms with Crippen LogP contribution in [0.2, 0.25) is 0 Å². The number of nitrogens with zero attached hydrogens (tertiary/aromatic N) is 3. The first-order valence-corrected chi connectivity index (χ1v) is 9.76. The number of benzene rings is 1. The monoisotopic (exact) mass is 497 g/mol. The van der Waals surface area contributed by atoms with E-state index in [4.69, 9.17) is 4.74 Å². The van der Waals surface area contributed by atoms with E-state index in [9.17, 15) is 0 Å². The lowest BCUT2D eigenvalue weighted by atomic mass is 9.89. The molecule has 1 aromatic heterocycles. The van der Waals surface area contributed by atoms with Crippen molar-refractivity contribution in [3.05, 3.63) is 53.3 Å². The number of aliphatic imine (C=N–C) groups is 1. The first kappa shape index (κ1) is 22.7. The Morgan fingerprint density at radius 2 is 2.07 bits per heavy atom. The van der Waals surface area contributed by atoms with Gasteiger partial charge in [-0.3, -0.25) is 9.67 Å². The third-order valence-electron chi connectivity index (χ3n) is 5.07. The Kier molecular flexibility index (Phi) is 9.24. The number of aryl methyl sites for hydroxylation is 2. The van der Waals surface area contributed by atoms with E-state index in [0.29, 0.717) is 5.92 Å². The van der Waals surface area contributed by atoms with Crippen molar-refractivity contribution in [2.45, 2.75) is 32.3 Å². The quantitative estimate of drug-likeness (QED) is 0.366. The molecule has 3 rings (SSSR count). The lowest BCUT2D eigenvalue weighted by molar-refractivity contribution is -0.0265. The van der Waals surface area contributed by atoms with E-state index in [2.05, 4.69) is 51.9 Å². The molecule has 2 unspecified atom stereocenters. The van der Waals surface area contributed by atoms with E-state index in [1.54, 1.807) is 0 Å². The van der Waals surface area contributed by atoms with Gasteiger partial charge in [0.1, 0.15) is 0 Å². The summed E-state index contributed by atoms with van der Waals surface area (Å²) in [5.74, 6) is 1.28. The number of nitrogens with one attached hydrogen (secondary N) is 2. The van der Waals surface area contributed by atoms with Crippen molar-refractivity contribution in [1.82, 2.24) is 20.4 Å². The molecule has 0 saturated carbocycles. The van der Waals surface area contributed by atoms with Crippen molar-refractivity contribution in [2.24, 2.45) is 18.0 Å². The van der Waals surface area contributed by atoms with E-state index < -0.39 is 0 Å². The molecule has 28 heavy (non-hydrogen) atoms. The minimum atomic E-state index is 0. The second-order valence-corrected chi connectivity index (χ2v) is 7.26. The van der Waals surface area contributed by atoms with Gasteiger partial charge in [-0.15, -0.1) is 24.0 Å². The van der Waals surface area contributed by atoms with Gasteiger partial charge in [-0.2, -0.15) is 5.10 Å². The van der Waals surface area contributed by atoms with E-state index in [1.165, 1.54) is 16.7 Å². The van der Waals surface area contributed by atoms with Crippen LogP contribution >= 0.6 is 24.0 Å². The number of guanidine groups is 1. The highest BCUT2D eigenvalue weighted by Gasteiger charge is 2.27. The summed E-state index contributed by atoms with van der Waals surface area (Å²) >= 11 is 0. The predicted octanol–water partition coefficient (Wildman–Crippen LogP) is 3.22. The van der Waals surface area contributed by atoms with Crippen LogP contribution in [0.15, 0.2) is 41.7 Å². The molecule has 0 bridgehead atoms. The molecule has 6 nitrogen and oxygen atoms in total. The zero-order valence-corrected chi connectivity index (χ0v) is 19.3. The van der Waals surface area contributed by atoms with Crippen molar-refractivity contribution < 1.29 is 4.74 Å². The molecule has 0 amide bonds. The Labute approximate surface area is 185 Å². The summed E-state index contributed by atoms with van der Waals surface area (Å²) in [5.41, 5.74) is 3.77. The summed E-state index contributed by atoms with van der Waals surface area (Å²) in [6.07, 6.45) is 7.31. The number of ether oxygens (including phenoxy) is 1. The molecule has 1 aromatic carbocycles. The fourth-order valence-corrected chi connectivity index (χ4v) is 3.55. The highest BCUT2D eigenvalue weighted by Crippen LogP contribution is 2.33. The first-order valence-electron chi connectivity index (χ1n) is 9.76. The minimum Gasteiger partial charge on any atom is -0.373 e. The molecule has 0 radical (unpaired) electrons. The standard InChI is InChI=1S/C21H31N5O.HI/c1-16-6-8-18(9-7-16)20-19(5-4-12-27-20)14-24-21(22-2)23-11-10-17-13-25-26(3)15-17;/h6-9,13,15,19-20H,4-5,10-12,14H2,1-3H3,(H2,22,23,24);1H. The highest BCUT2D eigenvalue weighted by molar-refractivity contribution is 14.0. The summed E-state index contributed by atoms with van der Waals surface area (Å²) in [6, 6.07) is 8.71. The SMILES string of the molecule is CN=C(NCCc1cnn(C)c1)NCC1CCCOC1c1ccc(C)cc1.I. The Morgan fingerprint density at radius 3 is 2.75 bits per heavy atom. The van der Waals surface area contributed by atoms with Gasteiger partial charge in [-0.25, -0.2) is 0 Å². The topological polar surface area (TPSA) is 63.5 Å². The summed E-state index contributed by atoms with van der Waals surface area (Å²) < 4.78 is 7.94. The third-order valence-corrected chi connectivity index (χ3v) is 5.07. The molecule has 1 aliphatic heterocycles. The fraction of sp³-hybridized carbons (Fsp3) is 0.524. The maximum absolute atomic E-state index is 6.11. The lowest BCUT2D eigenvalue weighted by Gasteiger charge is -2.32. The summed E-state index contributed by atoms with van der Waals surface area (Å²) in [7, 11) is 3.75. The van der Waals surface area contributed by atoms with Gasteiger partial charge in [0.15, 0.2) is 5.96 Å². The Morgan fingerprint density at radius 1 is 1.29 bits per heavy atom. The summed E-state index contributed by atoms with van der Waals surface area (Å²) in [4.78, 5) is 4.35. The number of hydrogen-bond donors (Lipinski definition) is 2. The minimum absolute atomic E-state index is 0. The second kappa shape index (κ2) is 11.4. The average Bonchev–Trinajstić information content (AvgIpc) is 3.10.